The molecule has 8 nitrogen and oxygen atoms in total. The molecule has 30 heavy (non-hydrogen) atoms. The molecule has 1 aliphatic heterocycles. The summed E-state index contributed by atoms with van der Waals surface area (Å²) in [7, 11) is 0. The van der Waals surface area contributed by atoms with Gasteiger partial charge in [-0.15, -0.1) is 0 Å². The number of nitrogens with zero attached hydrogens (tertiary/aromatic N) is 2. The van der Waals surface area contributed by atoms with Gasteiger partial charge in [-0.3, -0.25) is 19.5 Å². The topological polar surface area (TPSA) is 107 Å². The largest absolute Gasteiger partial charge is 0.361 e. The minimum Gasteiger partial charge on any atom is -0.361 e. The SMILES string of the molecule is O=C(CCC1NC(=O)N(CCc2c[nH]c3ccccc23)C1=O)NCc1ccccn1. The fourth-order valence-electron chi connectivity index (χ4n) is 3.61. The van der Waals surface area contributed by atoms with Crippen molar-refractivity contribution in [3.63, 3.8) is 0 Å². The summed E-state index contributed by atoms with van der Waals surface area (Å²) in [5.74, 6) is -0.461. The van der Waals surface area contributed by atoms with E-state index in [9.17, 15) is 14.4 Å². The second-order valence-corrected chi connectivity index (χ2v) is 7.24. The molecular formula is C22H23N5O3. The van der Waals surface area contributed by atoms with Gasteiger partial charge in [0.2, 0.25) is 5.91 Å². The predicted molar refractivity (Wildman–Crippen MR) is 111 cm³/mol. The molecule has 3 heterocycles. The van der Waals surface area contributed by atoms with E-state index in [1.165, 1.54) is 4.90 Å². The first-order chi connectivity index (χ1) is 14.6. The number of pyridine rings is 1. The monoisotopic (exact) mass is 405 g/mol. The van der Waals surface area contributed by atoms with Crippen molar-refractivity contribution >= 4 is 28.7 Å². The Bertz CT molecular complexity index is 1060. The number of H-pyrrole nitrogens is 1. The van der Waals surface area contributed by atoms with Gasteiger partial charge in [-0.1, -0.05) is 24.3 Å². The molecule has 1 atom stereocenters. The van der Waals surface area contributed by atoms with Crippen LogP contribution < -0.4 is 10.6 Å². The van der Waals surface area contributed by atoms with E-state index < -0.39 is 12.1 Å². The Morgan fingerprint density at radius 1 is 1.13 bits per heavy atom. The molecule has 4 amide bonds. The summed E-state index contributed by atoms with van der Waals surface area (Å²) >= 11 is 0. The zero-order valence-electron chi connectivity index (χ0n) is 16.4. The van der Waals surface area contributed by atoms with Crippen LogP contribution >= 0.6 is 0 Å². The normalized spacial score (nSPS) is 16.1. The highest BCUT2D eigenvalue weighted by molar-refractivity contribution is 6.04. The lowest BCUT2D eigenvalue weighted by Gasteiger charge is -2.12. The van der Waals surface area contributed by atoms with Crippen molar-refractivity contribution in [2.45, 2.75) is 31.8 Å². The number of hydrogen-bond acceptors (Lipinski definition) is 4. The molecule has 1 aromatic carbocycles. The number of rotatable bonds is 8. The number of benzene rings is 1. The summed E-state index contributed by atoms with van der Waals surface area (Å²) in [5, 5.41) is 6.55. The minimum atomic E-state index is -0.666. The van der Waals surface area contributed by atoms with Crippen LogP contribution in [0.1, 0.15) is 24.1 Å². The van der Waals surface area contributed by atoms with Gasteiger partial charge in [0, 0.05) is 36.3 Å². The van der Waals surface area contributed by atoms with Crippen LogP contribution in [0, 0.1) is 0 Å². The Labute approximate surface area is 173 Å². The number of carbonyl (C=O) groups is 3. The van der Waals surface area contributed by atoms with Crippen LogP contribution in [0.25, 0.3) is 10.9 Å². The number of aromatic nitrogens is 2. The molecule has 3 aromatic rings. The first kappa shape index (κ1) is 19.6. The third-order valence-electron chi connectivity index (χ3n) is 5.24. The molecule has 0 saturated carbocycles. The van der Waals surface area contributed by atoms with Crippen molar-refractivity contribution in [1.82, 2.24) is 25.5 Å². The maximum Gasteiger partial charge on any atom is 0.324 e. The number of urea groups is 1. The summed E-state index contributed by atoms with van der Waals surface area (Å²) in [6, 6.07) is 12.3. The number of nitrogens with one attached hydrogen (secondary N) is 3. The van der Waals surface area contributed by atoms with Crippen molar-refractivity contribution in [3.8, 4) is 0 Å². The van der Waals surface area contributed by atoms with Crippen LogP contribution in [0.3, 0.4) is 0 Å². The molecule has 1 fully saturated rings. The number of imide groups is 1. The lowest BCUT2D eigenvalue weighted by atomic mass is 10.1. The molecule has 8 heteroatoms. The van der Waals surface area contributed by atoms with Crippen LogP contribution in [-0.4, -0.2) is 45.3 Å². The number of para-hydroxylation sites is 1. The first-order valence-electron chi connectivity index (χ1n) is 9.95. The molecule has 0 radical (unpaired) electrons. The van der Waals surface area contributed by atoms with E-state index in [0.29, 0.717) is 19.5 Å². The van der Waals surface area contributed by atoms with E-state index in [1.807, 2.05) is 48.7 Å². The van der Waals surface area contributed by atoms with E-state index >= 15 is 0 Å². The average Bonchev–Trinajstić information content (AvgIpc) is 3.30. The van der Waals surface area contributed by atoms with Crippen molar-refractivity contribution in [2.75, 3.05) is 6.54 Å². The summed E-state index contributed by atoms with van der Waals surface area (Å²) in [4.78, 5) is 45.5. The fraction of sp³-hybridized carbons (Fsp3) is 0.273. The standard InChI is InChI=1S/C22H23N5O3/c28-20(25-14-16-5-3-4-11-23-16)9-8-19-21(29)27(22(30)26-19)12-10-15-13-24-18-7-2-1-6-17(15)18/h1-7,11,13,19,24H,8-10,12,14H2,(H,25,28)(H,26,30). The summed E-state index contributed by atoms with van der Waals surface area (Å²) in [5.41, 5.74) is 2.85. The molecule has 0 spiro atoms. The van der Waals surface area contributed by atoms with Gasteiger partial charge in [0.15, 0.2) is 0 Å². The Morgan fingerprint density at radius 2 is 1.97 bits per heavy atom. The van der Waals surface area contributed by atoms with Gasteiger partial charge in [0.25, 0.3) is 5.91 Å². The van der Waals surface area contributed by atoms with Crippen LogP contribution in [0.2, 0.25) is 0 Å². The van der Waals surface area contributed by atoms with Gasteiger partial charge in [0.1, 0.15) is 6.04 Å². The van der Waals surface area contributed by atoms with E-state index in [-0.39, 0.29) is 24.7 Å². The predicted octanol–water partition coefficient (Wildman–Crippen LogP) is 2.12. The van der Waals surface area contributed by atoms with Crippen LogP contribution in [0.4, 0.5) is 4.79 Å². The third-order valence-corrected chi connectivity index (χ3v) is 5.24. The van der Waals surface area contributed by atoms with Crippen LogP contribution in [0.15, 0.2) is 54.9 Å². The van der Waals surface area contributed by atoms with Crippen LogP contribution in [-0.2, 0) is 22.6 Å². The van der Waals surface area contributed by atoms with E-state index in [0.717, 1.165) is 22.2 Å². The molecule has 0 aliphatic carbocycles. The molecule has 1 saturated heterocycles. The van der Waals surface area contributed by atoms with Crippen LogP contribution in [0.5, 0.6) is 0 Å². The first-order valence-corrected chi connectivity index (χ1v) is 9.95. The molecular weight excluding hydrogens is 382 g/mol. The van der Waals surface area contributed by atoms with Crippen molar-refractivity contribution < 1.29 is 14.4 Å². The van der Waals surface area contributed by atoms with Gasteiger partial charge in [-0.2, -0.15) is 0 Å². The number of fused-ring (bicyclic) bond motifs is 1. The zero-order valence-corrected chi connectivity index (χ0v) is 16.4. The lowest BCUT2D eigenvalue weighted by molar-refractivity contribution is -0.127. The Kier molecular flexibility index (Phi) is 5.74. The van der Waals surface area contributed by atoms with E-state index in [4.69, 9.17) is 0 Å². The number of aromatic amines is 1. The quantitative estimate of drug-likeness (QED) is 0.499. The average molecular weight is 405 g/mol. The van der Waals surface area contributed by atoms with Crippen molar-refractivity contribution in [1.29, 1.82) is 0 Å². The fourth-order valence-corrected chi connectivity index (χ4v) is 3.61. The van der Waals surface area contributed by atoms with Crippen molar-refractivity contribution in [3.05, 3.63) is 66.1 Å². The molecule has 154 valence electrons. The molecule has 1 unspecified atom stereocenters. The van der Waals surface area contributed by atoms with E-state index in [2.05, 4.69) is 20.6 Å². The molecule has 3 N–H and O–H groups in total. The van der Waals surface area contributed by atoms with Gasteiger partial charge in [0.05, 0.1) is 12.2 Å². The number of carbonyl (C=O) groups excluding carboxylic acids is 3. The third kappa shape index (κ3) is 4.32. The van der Waals surface area contributed by atoms with Gasteiger partial charge in [-0.25, -0.2) is 4.79 Å². The van der Waals surface area contributed by atoms with Gasteiger partial charge < -0.3 is 15.6 Å². The smallest absolute Gasteiger partial charge is 0.324 e. The Hall–Kier alpha value is -3.68. The molecule has 4 rings (SSSR count). The number of amides is 4. The highest BCUT2D eigenvalue weighted by Crippen LogP contribution is 2.19. The maximum absolute atomic E-state index is 12.6. The zero-order chi connectivity index (χ0) is 20.9. The summed E-state index contributed by atoms with van der Waals surface area (Å²) < 4.78 is 0. The van der Waals surface area contributed by atoms with Crippen molar-refractivity contribution in [2.24, 2.45) is 0 Å². The summed E-state index contributed by atoms with van der Waals surface area (Å²) in [6.45, 7) is 0.635. The van der Waals surface area contributed by atoms with Gasteiger partial charge >= 0.3 is 6.03 Å². The minimum absolute atomic E-state index is 0.153. The molecule has 1 aliphatic rings. The second-order valence-electron chi connectivity index (χ2n) is 7.24. The molecule has 0 bridgehead atoms. The number of hydrogen-bond donors (Lipinski definition) is 3. The second kappa shape index (κ2) is 8.77. The van der Waals surface area contributed by atoms with E-state index in [1.54, 1.807) is 6.20 Å². The maximum atomic E-state index is 12.6. The highest BCUT2D eigenvalue weighted by Gasteiger charge is 2.37. The Morgan fingerprint density at radius 3 is 2.80 bits per heavy atom. The Balaban J connectivity index is 1.26. The molecule has 2 aromatic heterocycles. The summed E-state index contributed by atoms with van der Waals surface area (Å²) in [6.07, 6.45) is 4.56. The lowest BCUT2D eigenvalue weighted by Crippen LogP contribution is -2.34. The van der Waals surface area contributed by atoms with Gasteiger partial charge in [-0.05, 0) is 36.6 Å². The highest BCUT2D eigenvalue weighted by atomic mass is 16.2.